The summed E-state index contributed by atoms with van der Waals surface area (Å²) in [4.78, 5) is 0. The molecular weight excluding hydrogens is 576 g/mol. The second-order valence-corrected chi connectivity index (χ2v) is 11.3. The molecule has 3 aliphatic rings. The lowest BCUT2D eigenvalue weighted by atomic mass is 9.83. The minimum absolute atomic E-state index is 0.00715. The van der Waals surface area contributed by atoms with Gasteiger partial charge in [-0.1, -0.05) is 0 Å². The molecule has 18 heteroatoms. The lowest BCUT2D eigenvalue weighted by molar-refractivity contribution is -0.326. The summed E-state index contributed by atoms with van der Waals surface area (Å²) in [5, 5.41) is 91.4. The molecule has 0 aromatic rings. The Balaban J connectivity index is 1.77. The Hall–Kier alpha value is -1.14. The van der Waals surface area contributed by atoms with Gasteiger partial charge in [-0.3, -0.25) is 0 Å². The van der Waals surface area contributed by atoms with Crippen LogP contribution in [0.15, 0.2) is 11.8 Å². The van der Waals surface area contributed by atoms with Crippen molar-refractivity contribution in [3.8, 4) is 0 Å². The van der Waals surface area contributed by atoms with Gasteiger partial charge in [0.05, 0.1) is 31.6 Å². The molecule has 3 rings (SSSR count). The molecule has 0 aromatic carbocycles. The van der Waals surface area contributed by atoms with Crippen molar-refractivity contribution >= 4 is 0 Å². The third-order valence-electron chi connectivity index (χ3n) is 8.05. The van der Waals surface area contributed by atoms with Crippen molar-refractivity contribution < 1.29 is 59.8 Å². The maximum atomic E-state index is 11.5. The van der Waals surface area contributed by atoms with Gasteiger partial charge in [0.15, 0.2) is 12.6 Å². The summed E-state index contributed by atoms with van der Waals surface area (Å²) in [6.07, 6.45) is -13.8. The molecule has 0 aromatic heterocycles. The average molecular weight is 627 g/mol. The molecule has 18 nitrogen and oxygen atoms in total. The molecule has 0 radical (unpaired) electrons. The van der Waals surface area contributed by atoms with Crippen molar-refractivity contribution in [2.24, 2.45) is 17.2 Å². The number of hydrogen-bond acceptors (Lipinski definition) is 18. The van der Waals surface area contributed by atoms with Gasteiger partial charge in [0.25, 0.3) is 0 Å². The fourth-order valence-corrected chi connectivity index (χ4v) is 5.49. The van der Waals surface area contributed by atoms with Gasteiger partial charge in [-0.15, -0.1) is 0 Å². The first-order valence-electron chi connectivity index (χ1n) is 14.4. The van der Waals surface area contributed by atoms with Gasteiger partial charge in [-0.25, -0.2) is 0 Å². The van der Waals surface area contributed by atoms with Crippen LogP contribution in [0.2, 0.25) is 0 Å². The molecular formula is C25H50N6O12. The maximum Gasteiger partial charge on any atom is 0.187 e. The van der Waals surface area contributed by atoms with Gasteiger partial charge in [0, 0.05) is 49.9 Å². The number of aliphatic hydroxyl groups is 8. The largest absolute Gasteiger partial charge is 0.515 e. The van der Waals surface area contributed by atoms with E-state index in [4.69, 9.17) is 41.3 Å². The van der Waals surface area contributed by atoms with Crippen LogP contribution >= 0.6 is 0 Å². The Morgan fingerprint density at radius 3 is 2.33 bits per heavy atom. The number of likely N-dealkylation sites (N-methyl/N-ethyl adjacent to an activating group) is 1. The summed E-state index contributed by atoms with van der Waals surface area (Å²) < 4.78 is 23.4. The predicted octanol–water partition coefficient (Wildman–Crippen LogP) is -7.41. The highest BCUT2D eigenvalue weighted by Crippen LogP contribution is 2.32. The molecule has 0 spiro atoms. The summed E-state index contributed by atoms with van der Waals surface area (Å²) in [7, 11) is 1.58. The van der Waals surface area contributed by atoms with Gasteiger partial charge in [0.2, 0.25) is 0 Å². The molecule has 2 saturated heterocycles. The molecule has 0 bridgehead atoms. The molecule has 17 N–H and O–H groups in total. The van der Waals surface area contributed by atoms with Crippen LogP contribution in [0.5, 0.6) is 0 Å². The standard InChI is InChI=1S/C25H50N6O12/c1-29-16-10(7-32)9-40-24(18(16)36)43-23-14(31-5-12(34)3-26)2-13(28)22(21(23)39)42-25-20(38)19(37)17(35)15(41-25)6-30-4-11(27)8-33/h7,11-25,29-39H,2-6,8-9,26-28H2,1H3/b10-7-/t11?,12?,13-,14+,15+,16-,17+,18+,19-,20+,21-,22?,23-,24+,25+/m0/s1. The molecule has 2 heterocycles. The molecule has 1 saturated carbocycles. The number of rotatable bonds is 14. The zero-order valence-corrected chi connectivity index (χ0v) is 24.1. The summed E-state index contributed by atoms with van der Waals surface area (Å²) in [6.45, 7) is -0.148. The van der Waals surface area contributed by atoms with E-state index in [2.05, 4.69) is 16.0 Å². The molecule has 15 atom stereocenters. The van der Waals surface area contributed by atoms with Crippen LogP contribution in [-0.4, -0.2) is 179 Å². The van der Waals surface area contributed by atoms with Crippen LogP contribution in [0.3, 0.4) is 0 Å². The number of hydrogen-bond donors (Lipinski definition) is 14. The summed E-state index contributed by atoms with van der Waals surface area (Å²) in [5.41, 5.74) is 18.0. The number of nitrogens with two attached hydrogens (primary N) is 3. The third-order valence-corrected chi connectivity index (χ3v) is 8.05. The van der Waals surface area contributed by atoms with Crippen LogP contribution in [-0.2, 0) is 18.9 Å². The SMILES string of the molecule is CN[C@H]1/C(=C\O)CO[C@H](O[C@H]2[C@H](NCC(O)CN)C[C@H](N)C(O[C@H]3O[C@H](CNCC(N)CO)[C@@H](O)[C@H](O)[C@H]3O)[C@@H]2O)[C@@H]1O. The van der Waals surface area contributed by atoms with Crippen molar-refractivity contribution in [3.05, 3.63) is 11.8 Å². The predicted molar refractivity (Wildman–Crippen MR) is 149 cm³/mol. The van der Waals surface area contributed by atoms with Crippen LogP contribution in [0.1, 0.15) is 6.42 Å². The number of aliphatic hydroxyl groups excluding tert-OH is 8. The minimum atomic E-state index is -1.70. The van der Waals surface area contributed by atoms with Gasteiger partial charge in [0.1, 0.15) is 48.8 Å². The fourth-order valence-electron chi connectivity index (χ4n) is 5.49. The van der Waals surface area contributed by atoms with E-state index in [1.165, 1.54) is 0 Å². The lowest BCUT2D eigenvalue weighted by Gasteiger charge is -2.48. The average Bonchev–Trinajstić information content (AvgIpc) is 3.00. The maximum absolute atomic E-state index is 11.5. The van der Waals surface area contributed by atoms with Crippen molar-refractivity contribution in [3.63, 3.8) is 0 Å². The summed E-state index contributed by atoms with van der Waals surface area (Å²) >= 11 is 0. The highest BCUT2D eigenvalue weighted by Gasteiger charge is 2.51. The van der Waals surface area contributed by atoms with E-state index < -0.39 is 91.7 Å². The Morgan fingerprint density at radius 1 is 1.00 bits per heavy atom. The topological polar surface area (TPSA) is 313 Å². The van der Waals surface area contributed by atoms with Crippen molar-refractivity contribution in [2.75, 3.05) is 46.4 Å². The normalized spacial score (nSPS) is 43.0. The smallest absolute Gasteiger partial charge is 0.187 e. The molecule has 0 amide bonds. The van der Waals surface area contributed by atoms with Crippen LogP contribution in [0.4, 0.5) is 0 Å². The van der Waals surface area contributed by atoms with Gasteiger partial charge >= 0.3 is 0 Å². The van der Waals surface area contributed by atoms with Gasteiger partial charge in [-0.05, 0) is 13.5 Å². The molecule has 43 heavy (non-hydrogen) atoms. The zero-order valence-electron chi connectivity index (χ0n) is 24.1. The Labute approximate surface area is 249 Å². The molecule has 1 aliphatic carbocycles. The van der Waals surface area contributed by atoms with Crippen molar-refractivity contribution in [1.82, 2.24) is 16.0 Å². The quantitative estimate of drug-likeness (QED) is 0.0796. The van der Waals surface area contributed by atoms with E-state index in [1.807, 2.05) is 0 Å². The first kappa shape index (κ1) is 36.3. The van der Waals surface area contributed by atoms with E-state index in [9.17, 15) is 35.7 Å². The second kappa shape index (κ2) is 17.0. The van der Waals surface area contributed by atoms with Crippen molar-refractivity contribution in [1.29, 1.82) is 0 Å². The highest BCUT2D eigenvalue weighted by atomic mass is 16.7. The summed E-state index contributed by atoms with van der Waals surface area (Å²) in [5.74, 6) is 0. The monoisotopic (exact) mass is 626 g/mol. The Morgan fingerprint density at radius 2 is 1.70 bits per heavy atom. The first-order chi connectivity index (χ1) is 20.5. The first-order valence-corrected chi connectivity index (χ1v) is 14.4. The molecule has 3 fully saturated rings. The van der Waals surface area contributed by atoms with E-state index in [0.717, 1.165) is 6.26 Å². The van der Waals surface area contributed by atoms with Crippen LogP contribution in [0.25, 0.3) is 0 Å². The fraction of sp³-hybridized carbons (Fsp3) is 0.920. The second-order valence-electron chi connectivity index (χ2n) is 11.3. The molecule has 252 valence electrons. The van der Waals surface area contributed by atoms with E-state index in [1.54, 1.807) is 7.05 Å². The van der Waals surface area contributed by atoms with Crippen LogP contribution in [0, 0.1) is 0 Å². The number of ether oxygens (including phenoxy) is 4. The lowest BCUT2D eigenvalue weighted by Crippen LogP contribution is -2.68. The molecule has 3 unspecified atom stereocenters. The third kappa shape index (κ3) is 8.99. The number of nitrogens with one attached hydrogen (secondary N) is 3. The van der Waals surface area contributed by atoms with Gasteiger partial charge in [-0.2, -0.15) is 0 Å². The van der Waals surface area contributed by atoms with Crippen LogP contribution < -0.4 is 33.2 Å². The highest BCUT2D eigenvalue weighted by molar-refractivity contribution is 5.14. The summed E-state index contributed by atoms with van der Waals surface area (Å²) in [6, 6.07) is -2.82. The van der Waals surface area contributed by atoms with E-state index >= 15 is 0 Å². The minimum Gasteiger partial charge on any atom is -0.515 e. The Kier molecular flexibility index (Phi) is 14.3. The Bertz CT molecular complexity index is 866. The van der Waals surface area contributed by atoms with Crippen molar-refractivity contribution in [2.45, 2.75) is 98.1 Å². The van der Waals surface area contributed by atoms with E-state index in [0.29, 0.717) is 5.57 Å². The van der Waals surface area contributed by atoms with Gasteiger partial charge < -0.3 is 93.0 Å². The molecule has 2 aliphatic heterocycles. The van der Waals surface area contributed by atoms with E-state index in [-0.39, 0.29) is 45.8 Å². The zero-order chi connectivity index (χ0) is 31.8.